The topological polar surface area (TPSA) is 37.3 Å². The third kappa shape index (κ3) is 0.569. The zero-order valence-electron chi connectivity index (χ0n) is 6.42. The first kappa shape index (κ1) is 6.04. The van der Waals surface area contributed by atoms with E-state index in [4.69, 9.17) is 5.11 Å². The van der Waals surface area contributed by atoms with Crippen LogP contribution < -0.4 is 0 Å². The molecule has 3 rings (SSSR count). The molecule has 0 saturated heterocycles. The van der Waals surface area contributed by atoms with Crippen molar-refractivity contribution in [3.8, 4) is 0 Å². The van der Waals surface area contributed by atoms with E-state index >= 15 is 0 Å². The highest BCUT2D eigenvalue weighted by molar-refractivity contribution is 5.75. The van der Waals surface area contributed by atoms with Gasteiger partial charge in [0.05, 0.1) is 5.92 Å². The number of carbonyl (C=O) groups is 1. The van der Waals surface area contributed by atoms with Crippen molar-refractivity contribution in [1.29, 1.82) is 0 Å². The highest BCUT2D eigenvalue weighted by atomic mass is 16.4. The van der Waals surface area contributed by atoms with Gasteiger partial charge in [-0.1, -0.05) is 0 Å². The van der Waals surface area contributed by atoms with Crippen molar-refractivity contribution >= 4 is 5.97 Å². The Morgan fingerprint density at radius 3 is 2.73 bits per heavy atom. The Morgan fingerprint density at radius 1 is 1.55 bits per heavy atom. The SMILES string of the molecule is O=C(O)C1CC12CCC1CC12. The first-order valence-electron chi connectivity index (χ1n) is 4.47. The molecule has 0 aliphatic heterocycles. The standard InChI is InChI=1S/C9H12O2/c10-8(11)7-4-9(7)2-1-5-3-6(5)9/h5-7H,1-4H2,(H,10,11). The molecule has 2 heteroatoms. The molecule has 0 aromatic carbocycles. The Hall–Kier alpha value is -0.530. The zero-order valence-corrected chi connectivity index (χ0v) is 6.42. The van der Waals surface area contributed by atoms with Crippen molar-refractivity contribution in [2.75, 3.05) is 0 Å². The minimum Gasteiger partial charge on any atom is -0.481 e. The minimum atomic E-state index is -0.544. The molecule has 0 heterocycles. The van der Waals surface area contributed by atoms with E-state index in [2.05, 4.69) is 0 Å². The van der Waals surface area contributed by atoms with Crippen molar-refractivity contribution in [2.24, 2.45) is 23.2 Å². The fourth-order valence-corrected chi connectivity index (χ4v) is 3.25. The summed E-state index contributed by atoms with van der Waals surface area (Å²) in [5, 5.41) is 8.82. The van der Waals surface area contributed by atoms with Crippen LogP contribution in [0.3, 0.4) is 0 Å². The summed E-state index contributed by atoms with van der Waals surface area (Å²) in [6, 6.07) is 0. The maximum Gasteiger partial charge on any atom is 0.307 e. The highest BCUT2D eigenvalue weighted by Crippen LogP contribution is 2.75. The van der Waals surface area contributed by atoms with E-state index < -0.39 is 5.97 Å². The molecule has 0 bridgehead atoms. The molecule has 3 fully saturated rings. The molecular formula is C9H12O2. The fourth-order valence-electron chi connectivity index (χ4n) is 3.25. The molecular weight excluding hydrogens is 140 g/mol. The lowest BCUT2D eigenvalue weighted by molar-refractivity contribution is -0.139. The Morgan fingerprint density at radius 2 is 2.36 bits per heavy atom. The van der Waals surface area contributed by atoms with E-state index in [0.29, 0.717) is 5.41 Å². The Labute approximate surface area is 65.6 Å². The first-order valence-corrected chi connectivity index (χ1v) is 4.47. The van der Waals surface area contributed by atoms with Gasteiger partial charge in [0.1, 0.15) is 0 Å². The normalized spacial score (nSPS) is 57.6. The predicted octanol–water partition coefficient (Wildman–Crippen LogP) is 1.51. The fraction of sp³-hybridized carbons (Fsp3) is 0.889. The first-order chi connectivity index (χ1) is 5.24. The van der Waals surface area contributed by atoms with Crippen LogP contribution in [0.5, 0.6) is 0 Å². The number of aliphatic carboxylic acids is 1. The molecule has 0 amide bonds. The lowest BCUT2D eigenvalue weighted by Gasteiger charge is -2.07. The molecule has 2 nitrogen and oxygen atoms in total. The minimum absolute atomic E-state index is 0.0417. The predicted molar refractivity (Wildman–Crippen MR) is 39.0 cm³/mol. The van der Waals surface area contributed by atoms with Crippen molar-refractivity contribution in [1.82, 2.24) is 0 Å². The largest absolute Gasteiger partial charge is 0.481 e. The van der Waals surface area contributed by atoms with E-state index in [1.165, 1.54) is 19.3 Å². The summed E-state index contributed by atoms with van der Waals surface area (Å²) in [5.74, 6) is 1.25. The van der Waals surface area contributed by atoms with Crippen LogP contribution in [-0.2, 0) is 4.79 Å². The van der Waals surface area contributed by atoms with Crippen molar-refractivity contribution in [3.05, 3.63) is 0 Å². The van der Waals surface area contributed by atoms with E-state index in [1.807, 2.05) is 0 Å². The molecule has 4 unspecified atom stereocenters. The monoisotopic (exact) mass is 152 g/mol. The molecule has 1 N–H and O–H groups in total. The molecule has 3 saturated carbocycles. The van der Waals surface area contributed by atoms with Gasteiger partial charge in [0.2, 0.25) is 0 Å². The van der Waals surface area contributed by atoms with E-state index in [9.17, 15) is 4.79 Å². The Balaban J connectivity index is 1.84. The van der Waals surface area contributed by atoms with E-state index in [-0.39, 0.29) is 5.92 Å². The molecule has 1 spiro atoms. The summed E-state index contributed by atoms with van der Waals surface area (Å²) in [7, 11) is 0. The summed E-state index contributed by atoms with van der Waals surface area (Å²) >= 11 is 0. The van der Waals surface area contributed by atoms with Gasteiger partial charge in [-0.15, -0.1) is 0 Å². The number of fused-ring (bicyclic) bond motifs is 2. The maximum absolute atomic E-state index is 10.7. The second kappa shape index (κ2) is 1.47. The van der Waals surface area contributed by atoms with Gasteiger partial charge in [-0.05, 0) is 42.9 Å². The zero-order chi connectivity index (χ0) is 7.64. The maximum atomic E-state index is 10.7. The van der Waals surface area contributed by atoms with Crippen LogP contribution in [0.15, 0.2) is 0 Å². The van der Waals surface area contributed by atoms with Gasteiger partial charge >= 0.3 is 5.97 Å². The van der Waals surface area contributed by atoms with Crippen LogP contribution in [-0.4, -0.2) is 11.1 Å². The van der Waals surface area contributed by atoms with Gasteiger partial charge in [-0.3, -0.25) is 4.79 Å². The van der Waals surface area contributed by atoms with Crippen LogP contribution in [0.4, 0.5) is 0 Å². The smallest absolute Gasteiger partial charge is 0.307 e. The average Bonchev–Trinajstić information content (AvgIpc) is 2.70. The van der Waals surface area contributed by atoms with Gasteiger partial charge in [-0.25, -0.2) is 0 Å². The van der Waals surface area contributed by atoms with Crippen LogP contribution in [0, 0.1) is 23.2 Å². The number of carboxylic acid groups (broad SMARTS) is 1. The van der Waals surface area contributed by atoms with Crippen LogP contribution in [0.2, 0.25) is 0 Å². The average molecular weight is 152 g/mol. The molecule has 0 aromatic heterocycles. The van der Waals surface area contributed by atoms with Crippen molar-refractivity contribution in [2.45, 2.75) is 25.7 Å². The molecule has 0 aromatic rings. The number of rotatable bonds is 1. The van der Waals surface area contributed by atoms with Crippen molar-refractivity contribution < 1.29 is 9.90 Å². The van der Waals surface area contributed by atoms with Crippen molar-refractivity contribution in [3.63, 3.8) is 0 Å². The number of hydrogen-bond acceptors (Lipinski definition) is 1. The summed E-state index contributed by atoms with van der Waals surface area (Å²) in [6.07, 6.45) is 4.85. The summed E-state index contributed by atoms with van der Waals surface area (Å²) in [6.45, 7) is 0. The molecule has 0 radical (unpaired) electrons. The number of hydrogen-bond donors (Lipinski definition) is 1. The summed E-state index contributed by atoms with van der Waals surface area (Å²) < 4.78 is 0. The van der Waals surface area contributed by atoms with Crippen LogP contribution in [0.25, 0.3) is 0 Å². The Kier molecular flexibility index (Phi) is 0.809. The van der Waals surface area contributed by atoms with Gasteiger partial charge < -0.3 is 5.11 Å². The van der Waals surface area contributed by atoms with Gasteiger partial charge in [0.15, 0.2) is 0 Å². The van der Waals surface area contributed by atoms with Gasteiger partial charge in [-0.2, -0.15) is 0 Å². The van der Waals surface area contributed by atoms with E-state index in [0.717, 1.165) is 18.3 Å². The number of carboxylic acids is 1. The van der Waals surface area contributed by atoms with Gasteiger partial charge in [0.25, 0.3) is 0 Å². The van der Waals surface area contributed by atoms with E-state index in [1.54, 1.807) is 0 Å². The lowest BCUT2D eigenvalue weighted by Crippen LogP contribution is -2.09. The second-order valence-electron chi connectivity index (χ2n) is 4.47. The molecule has 60 valence electrons. The molecule has 4 atom stereocenters. The summed E-state index contributed by atoms with van der Waals surface area (Å²) in [5.41, 5.74) is 0.316. The quantitative estimate of drug-likeness (QED) is 0.618. The Bertz CT molecular complexity index is 236. The third-order valence-electron chi connectivity index (χ3n) is 4.06. The molecule has 3 aliphatic carbocycles. The highest BCUT2D eigenvalue weighted by Gasteiger charge is 2.71. The lowest BCUT2D eigenvalue weighted by atomic mass is 9.97. The van der Waals surface area contributed by atoms with Crippen LogP contribution >= 0.6 is 0 Å². The molecule has 11 heavy (non-hydrogen) atoms. The van der Waals surface area contributed by atoms with Crippen LogP contribution in [0.1, 0.15) is 25.7 Å². The third-order valence-corrected chi connectivity index (χ3v) is 4.06. The summed E-state index contributed by atoms with van der Waals surface area (Å²) in [4.78, 5) is 10.7. The van der Waals surface area contributed by atoms with Gasteiger partial charge in [0, 0.05) is 0 Å². The molecule has 3 aliphatic rings. The second-order valence-corrected chi connectivity index (χ2v) is 4.47.